The highest BCUT2D eigenvalue weighted by atomic mass is 32.2. The molecule has 3 aromatic rings. The molecule has 0 unspecified atom stereocenters. The van der Waals surface area contributed by atoms with E-state index in [0.29, 0.717) is 11.6 Å². The third-order valence-electron chi connectivity index (χ3n) is 4.59. The summed E-state index contributed by atoms with van der Waals surface area (Å²) >= 11 is 3.23. The van der Waals surface area contributed by atoms with Crippen molar-refractivity contribution in [1.29, 1.82) is 0 Å². The van der Waals surface area contributed by atoms with E-state index in [9.17, 15) is 4.79 Å². The summed E-state index contributed by atoms with van der Waals surface area (Å²) in [7, 11) is 1.62. The van der Waals surface area contributed by atoms with Gasteiger partial charge in [0.15, 0.2) is 10.9 Å². The molecule has 1 aliphatic carbocycles. The molecular weight excluding hydrogens is 378 g/mol. The molecule has 140 valence electrons. The predicted octanol–water partition coefficient (Wildman–Crippen LogP) is 4.64. The molecule has 5 nitrogen and oxygen atoms in total. The number of Topliss-reactive ketones (excluding diaryl/α,β-unsaturated/α-hetero) is 1. The first-order valence-electron chi connectivity index (χ1n) is 8.97. The van der Waals surface area contributed by atoms with Crippen molar-refractivity contribution in [2.75, 3.05) is 7.11 Å². The molecule has 7 heteroatoms. The lowest BCUT2D eigenvalue weighted by molar-refractivity contribution is 0.0994. The minimum atomic E-state index is -0.227. The van der Waals surface area contributed by atoms with Gasteiger partial charge < -0.3 is 9.30 Å². The molecule has 0 radical (unpaired) electrons. The van der Waals surface area contributed by atoms with Gasteiger partial charge in [0.25, 0.3) is 0 Å². The van der Waals surface area contributed by atoms with E-state index in [1.165, 1.54) is 16.6 Å². The number of aromatic nitrogens is 3. The van der Waals surface area contributed by atoms with E-state index >= 15 is 0 Å². The maximum Gasteiger partial charge on any atom is 0.192 e. The number of hydrogen-bond donors (Lipinski definition) is 0. The summed E-state index contributed by atoms with van der Waals surface area (Å²) in [5.74, 6) is 1.83. The minimum Gasteiger partial charge on any atom is -0.497 e. The summed E-state index contributed by atoms with van der Waals surface area (Å²) in [6.07, 6.45) is 3.11. The minimum absolute atomic E-state index is 0.0906. The molecule has 0 N–H and O–H groups in total. The molecule has 27 heavy (non-hydrogen) atoms. The van der Waals surface area contributed by atoms with Crippen LogP contribution in [0.2, 0.25) is 0 Å². The van der Waals surface area contributed by atoms with E-state index in [2.05, 4.69) is 32.3 Å². The van der Waals surface area contributed by atoms with Crippen molar-refractivity contribution < 1.29 is 9.53 Å². The van der Waals surface area contributed by atoms with Crippen LogP contribution < -0.4 is 4.74 Å². The fourth-order valence-corrected chi connectivity index (χ4v) is 4.70. The number of ether oxygens (including phenoxy) is 1. The Bertz CT molecular complexity index is 915. The molecule has 1 fully saturated rings. The number of ketones is 1. The Hall–Kier alpha value is -2.12. The van der Waals surface area contributed by atoms with Crippen LogP contribution in [0.3, 0.4) is 0 Å². The number of benzene rings is 1. The molecule has 1 aromatic carbocycles. The van der Waals surface area contributed by atoms with Gasteiger partial charge in [0.05, 0.1) is 12.4 Å². The summed E-state index contributed by atoms with van der Waals surface area (Å²) < 4.78 is 7.40. The normalized spacial score (nSPS) is 14.9. The number of carbonyl (C=O) groups is 1. The van der Waals surface area contributed by atoms with Crippen molar-refractivity contribution in [1.82, 2.24) is 14.8 Å². The first kappa shape index (κ1) is 18.3. The van der Waals surface area contributed by atoms with Gasteiger partial charge in [-0.05, 0) is 55.5 Å². The summed E-state index contributed by atoms with van der Waals surface area (Å²) in [5.41, 5.74) is 0.687. The second kappa shape index (κ2) is 7.86. The molecule has 1 saturated carbocycles. The largest absolute Gasteiger partial charge is 0.497 e. The Morgan fingerprint density at radius 1 is 1.30 bits per heavy atom. The summed E-state index contributed by atoms with van der Waals surface area (Å²) in [6.45, 7) is 1.93. The van der Waals surface area contributed by atoms with Crippen molar-refractivity contribution in [3.63, 3.8) is 0 Å². The Balaban J connectivity index is 1.51. The van der Waals surface area contributed by atoms with Crippen LogP contribution in [0.25, 0.3) is 0 Å². The lowest BCUT2D eigenvalue weighted by atomic mass is 10.1. The van der Waals surface area contributed by atoms with E-state index in [1.54, 1.807) is 18.4 Å². The van der Waals surface area contributed by atoms with Crippen LogP contribution in [0.1, 0.15) is 46.9 Å². The van der Waals surface area contributed by atoms with Crippen molar-refractivity contribution in [2.45, 2.75) is 42.6 Å². The smallest absolute Gasteiger partial charge is 0.192 e. The van der Waals surface area contributed by atoms with E-state index in [0.717, 1.165) is 36.0 Å². The summed E-state index contributed by atoms with van der Waals surface area (Å²) in [4.78, 5) is 14.1. The Morgan fingerprint density at radius 2 is 2.07 bits per heavy atom. The number of thioether (sulfide) groups is 1. The number of methoxy groups -OCH3 is 1. The maximum atomic E-state index is 12.8. The molecule has 2 heterocycles. The van der Waals surface area contributed by atoms with Gasteiger partial charge in [-0.15, -0.1) is 21.5 Å². The van der Waals surface area contributed by atoms with Crippen LogP contribution in [-0.4, -0.2) is 32.9 Å². The van der Waals surface area contributed by atoms with Gasteiger partial charge in [-0.3, -0.25) is 4.79 Å². The van der Waals surface area contributed by atoms with Crippen molar-refractivity contribution >= 4 is 28.9 Å². The Kier molecular flexibility index (Phi) is 5.31. The molecule has 2 aromatic heterocycles. The van der Waals surface area contributed by atoms with Gasteiger partial charge in [-0.2, -0.15) is 0 Å². The SMILES string of the molecule is COc1ccc(C(=O)[C@H](C)Sc2nnc(Cc3cccs3)n2C2CC2)cc1. The summed E-state index contributed by atoms with van der Waals surface area (Å²) in [6, 6.07) is 11.9. The first-order valence-corrected chi connectivity index (χ1v) is 10.7. The standard InChI is InChI=1S/C20H21N3O2S2/c1-13(19(24)14-5-9-16(25-2)10-6-14)27-20-22-21-18(23(20)15-7-8-15)12-17-4-3-11-26-17/h3-6,9-11,13,15H,7-8,12H2,1-2H3/t13-/m0/s1. The van der Waals surface area contributed by atoms with Gasteiger partial charge in [0, 0.05) is 22.9 Å². The Labute approximate surface area is 166 Å². The van der Waals surface area contributed by atoms with Crippen LogP contribution in [0.5, 0.6) is 5.75 Å². The highest BCUT2D eigenvalue weighted by Crippen LogP contribution is 2.40. The third-order valence-corrected chi connectivity index (χ3v) is 6.52. The summed E-state index contributed by atoms with van der Waals surface area (Å²) in [5, 5.41) is 11.5. The Morgan fingerprint density at radius 3 is 2.70 bits per heavy atom. The molecular formula is C20H21N3O2S2. The van der Waals surface area contributed by atoms with Gasteiger partial charge in [-0.25, -0.2) is 0 Å². The topological polar surface area (TPSA) is 57.0 Å². The maximum absolute atomic E-state index is 12.8. The van der Waals surface area contributed by atoms with Crippen LogP contribution in [0, 0.1) is 0 Å². The van der Waals surface area contributed by atoms with E-state index in [1.807, 2.05) is 31.2 Å². The zero-order valence-corrected chi connectivity index (χ0v) is 16.9. The van der Waals surface area contributed by atoms with Gasteiger partial charge in [0.2, 0.25) is 0 Å². The highest BCUT2D eigenvalue weighted by molar-refractivity contribution is 8.00. The average molecular weight is 400 g/mol. The van der Waals surface area contributed by atoms with Gasteiger partial charge >= 0.3 is 0 Å². The van der Waals surface area contributed by atoms with E-state index in [-0.39, 0.29) is 11.0 Å². The van der Waals surface area contributed by atoms with Crippen LogP contribution in [0.4, 0.5) is 0 Å². The number of carbonyl (C=O) groups excluding carboxylic acids is 1. The highest BCUT2D eigenvalue weighted by Gasteiger charge is 2.31. The molecule has 0 bridgehead atoms. The molecule has 1 aliphatic rings. The zero-order chi connectivity index (χ0) is 18.8. The fraction of sp³-hybridized carbons (Fsp3) is 0.350. The van der Waals surface area contributed by atoms with Crippen molar-refractivity contribution in [3.8, 4) is 5.75 Å². The second-order valence-corrected chi connectivity index (χ2v) is 8.95. The molecule has 0 aliphatic heterocycles. The molecule has 1 atom stereocenters. The lowest BCUT2D eigenvalue weighted by Gasteiger charge is -2.12. The monoisotopic (exact) mass is 399 g/mol. The first-order chi connectivity index (χ1) is 13.2. The molecule has 0 spiro atoms. The molecule has 4 rings (SSSR count). The molecule has 0 amide bonds. The molecule has 0 saturated heterocycles. The third kappa shape index (κ3) is 4.09. The van der Waals surface area contributed by atoms with E-state index < -0.39 is 0 Å². The van der Waals surface area contributed by atoms with Crippen molar-refractivity contribution in [2.24, 2.45) is 0 Å². The zero-order valence-electron chi connectivity index (χ0n) is 15.3. The quantitative estimate of drug-likeness (QED) is 0.408. The van der Waals surface area contributed by atoms with Gasteiger partial charge in [-0.1, -0.05) is 17.8 Å². The predicted molar refractivity (Wildman–Crippen MR) is 108 cm³/mol. The number of thiophene rings is 1. The lowest BCUT2D eigenvalue weighted by Crippen LogP contribution is -2.15. The second-order valence-electron chi connectivity index (χ2n) is 6.61. The van der Waals surface area contributed by atoms with E-state index in [4.69, 9.17) is 4.74 Å². The van der Waals surface area contributed by atoms with Crippen LogP contribution in [0.15, 0.2) is 46.9 Å². The van der Waals surface area contributed by atoms with Crippen LogP contribution in [-0.2, 0) is 6.42 Å². The number of rotatable bonds is 8. The van der Waals surface area contributed by atoms with Crippen molar-refractivity contribution in [3.05, 3.63) is 58.0 Å². The van der Waals surface area contributed by atoms with Gasteiger partial charge in [0.1, 0.15) is 11.6 Å². The number of nitrogens with zero attached hydrogens (tertiary/aromatic N) is 3. The fourth-order valence-electron chi connectivity index (χ4n) is 2.98. The average Bonchev–Trinajstić information content (AvgIpc) is 3.25. The van der Waals surface area contributed by atoms with Crippen LogP contribution >= 0.6 is 23.1 Å². The number of hydrogen-bond acceptors (Lipinski definition) is 6.